The Kier molecular flexibility index (Phi) is 11.9. The normalized spacial score (nSPS) is 13.3. The fraction of sp³-hybridized carbons (Fsp3) is 0.273. The molecular weight excluding hydrogens is 625 g/mol. The molecule has 40 heavy (non-hydrogen) atoms. The summed E-state index contributed by atoms with van der Waals surface area (Å²) in [7, 11) is -3.90. The third kappa shape index (κ3) is 7.49. The molecule has 0 aromatic heterocycles. The van der Waals surface area contributed by atoms with Crippen LogP contribution in [-0.2, 0) is 34.5 Å². The van der Waals surface area contributed by atoms with Gasteiger partial charge in [-0.2, -0.15) is 4.72 Å². The van der Waals surface area contributed by atoms with Gasteiger partial charge in [-0.15, -0.1) is 0 Å². The van der Waals surface area contributed by atoms with Crippen LogP contribution in [0.2, 0.25) is 0 Å². The third-order valence-electron chi connectivity index (χ3n) is 7.77. The van der Waals surface area contributed by atoms with E-state index in [4.69, 9.17) is 17.3 Å². The maximum Gasteiger partial charge on any atom is 0.242 e. The number of alkyl halides is 1. The predicted octanol–water partition coefficient (Wildman–Crippen LogP) is 7.60. The Morgan fingerprint density at radius 1 is 0.650 bits per heavy atom. The van der Waals surface area contributed by atoms with E-state index in [0.29, 0.717) is 5.56 Å². The molecule has 0 amide bonds. The zero-order valence-electron chi connectivity index (χ0n) is 24.2. The van der Waals surface area contributed by atoms with Gasteiger partial charge in [0.15, 0.2) is 5.00 Å². The molecule has 3 N–H and O–H groups in total. The van der Waals surface area contributed by atoms with Gasteiger partial charge in [0.25, 0.3) is 0 Å². The van der Waals surface area contributed by atoms with Crippen molar-refractivity contribution in [1.82, 2.24) is 4.72 Å². The van der Waals surface area contributed by atoms with Gasteiger partial charge in [0.05, 0.1) is 10.9 Å². The Morgan fingerprint density at radius 3 is 1.43 bits per heavy atom. The van der Waals surface area contributed by atoms with Crippen molar-refractivity contribution >= 4 is 21.6 Å². The predicted molar refractivity (Wildman–Crippen MR) is 164 cm³/mol. The molecule has 2 atom stereocenters. The first-order valence-electron chi connectivity index (χ1n) is 13.0. The SMILES string of the molecule is Cc1c(C)c(C)c(C)c(C)c1C.Cc1ccc(S(=O)(=O)N[C@](Cl)(c2ccccc2)[C@H](N)c2ccccc2)cc1.[Ru]. The summed E-state index contributed by atoms with van der Waals surface area (Å²) in [6, 6.07) is 23.9. The maximum atomic E-state index is 13.0. The topological polar surface area (TPSA) is 72.2 Å². The van der Waals surface area contributed by atoms with Crippen molar-refractivity contribution in [3.8, 4) is 0 Å². The van der Waals surface area contributed by atoms with Crippen LogP contribution in [0.15, 0.2) is 89.8 Å². The van der Waals surface area contributed by atoms with E-state index in [-0.39, 0.29) is 24.4 Å². The third-order valence-corrected chi connectivity index (χ3v) is 9.91. The minimum atomic E-state index is -3.90. The number of aryl methyl sites for hydroxylation is 1. The minimum absolute atomic E-state index is 0. The quantitative estimate of drug-likeness (QED) is 0.127. The van der Waals surface area contributed by atoms with E-state index in [9.17, 15) is 8.42 Å². The standard InChI is InChI=1S/C21H21ClN2O2S.C12H18.Ru/c1-16-12-14-19(15-13-16)27(25,26)24-21(22,18-10-6-3-7-11-18)20(23)17-8-4-2-5-9-17;1-7-8(2)10(4)12(6)11(5)9(7)3;/h2-15,20,24H,23H2,1H3;1-6H3;/t20-,21-;;/m1../s1. The van der Waals surface area contributed by atoms with Crippen molar-refractivity contribution in [2.24, 2.45) is 5.73 Å². The van der Waals surface area contributed by atoms with Gasteiger partial charge in [0.1, 0.15) is 0 Å². The van der Waals surface area contributed by atoms with Crippen LogP contribution in [0.4, 0.5) is 0 Å². The van der Waals surface area contributed by atoms with Crippen LogP contribution >= 0.6 is 11.6 Å². The smallest absolute Gasteiger partial charge is 0.242 e. The van der Waals surface area contributed by atoms with Crippen molar-refractivity contribution in [2.75, 3.05) is 0 Å². The second kappa shape index (κ2) is 14.0. The molecule has 0 heterocycles. The average molecular weight is 664 g/mol. The van der Waals surface area contributed by atoms with Crippen molar-refractivity contribution in [2.45, 2.75) is 64.4 Å². The summed E-state index contributed by atoms with van der Waals surface area (Å²) in [5, 5.41) is 0. The van der Waals surface area contributed by atoms with Crippen molar-refractivity contribution in [1.29, 1.82) is 0 Å². The number of halogens is 1. The van der Waals surface area contributed by atoms with E-state index in [1.54, 1.807) is 48.5 Å². The number of rotatable bonds is 6. The summed E-state index contributed by atoms with van der Waals surface area (Å²) in [5.41, 5.74) is 17.4. The molecule has 0 aliphatic carbocycles. The maximum absolute atomic E-state index is 13.0. The average Bonchev–Trinajstić information content (AvgIpc) is 2.95. The van der Waals surface area contributed by atoms with E-state index in [2.05, 4.69) is 46.3 Å². The molecule has 0 saturated carbocycles. The Hall–Kier alpha value is -2.34. The van der Waals surface area contributed by atoms with Crippen LogP contribution in [-0.4, -0.2) is 8.42 Å². The molecule has 4 rings (SSSR count). The first-order valence-corrected chi connectivity index (χ1v) is 14.8. The molecule has 0 unspecified atom stereocenters. The first kappa shape index (κ1) is 33.9. The van der Waals surface area contributed by atoms with E-state index in [1.165, 1.54) is 33.4 Å². The van der Waals surface area contributed by atoms with Crippen molar-refractivity contribution in [3.05, 3.63) is 135 Å². The Balaban J connectivity index is 0.000000363. The van der Waals surface area contributed by atoms with Gasteiger partial charge < -0.3 is 5.73 Å². The van der Waals surface area contributed by atoms with Gasteiger partial charge in [-0.1, -0.05) is 90.0 Å². The molecule has 0 saturated heterocycles. The molecule has 0 spiro atoms. The molecule has 4 aromatic carbocycles. The molecule has 0 radical (unpaired) electrons. The van der Waals surface area contributed by atoms with Crippen LogP contribution in [0.5, 0.6) is 0 Å². The Labute approximate surface area is 258 Å². The number of sulfonamides is 1. The molecule has 0 fully saturated rings. The summed E-state index contributed by atoms with van der Waals surface area (Å²) < 4.78 is 28.7. The first-order chi connectivity index (χ1) is 18.3. The second-order valence-electron chi connectivity index (χ2n) is 10.1. The minimum Gasteiger partial charge on any atom is -0.321 e. The van der Waals surface area contributed by atoms with Gasteiger partial charge in [0, 0.05) is 19.5 Å². The van der Waals surface area contributed by atoms with Crippen LogP contribution in [0.3, 0.4) is 0 Å². The summed E-state index contributed by atoms with van der Waals surface area (Å²) in [6.07, 6.45) is 0. The fourth-order valence-electron chi connectivity index (χ4n) is 4.53. The summed E-state index contributed by atoms with van der Waals surface area (Å²) in [5.74, 6) is 0. The van der Waals surface area contributed by atoms with Crippen molar-refractivity contribution < 1.29 is 27.9 Å². The largest absolute Gasteiger partial charge is 0.321 e. The van der Waals surface area contributed by atoms with Gasteiger partial charge in [-0.3, -0.25) is 0 Å². The fourth-order valence-corrected chi connectivity index (χ4v) is 6.34. The molecule has 4 aromatic rings. The van der Waals surface area contributed by atoms with Crippen molar-refractivity contribution in [3.63, 3.8) is 0 Å². The number of hydrogen-bond donors (Lipinski definition) is 2. The summed E-state index contributed by atoms with van der Waals surface area (Å²) in [4.78, 5) is -1.42. The van der Waals surface area contributed by atoms with E-state index < -0.39 is 21.1 Å². The monoisotopic (exact) mass is 664 g/mol. The van der Waals surface area contributed by atoms with Crippen LogP contribution in [0, 0.1) is 48.5 Å². The van der Waals surface area contributed by atoms with E-state index >= 15 is 0 Å². The van der Waals surface area contributed by atoms with Crippen LogP contribution < -0.4 is 10.5 Å². The zero-order chi connectivity index (χ0) is 29.0. The summed E-state index contributed by atoms with van der Waals surface area (Å²) >= 11 is 6.90. The van der Waals surface area contributed by atoms with Gasteiger partial charge in [0.2, 0.25) is 10.0 Å². The molecule has 0 bridgehead atoms. The number of benzene rings is 4. The van der Waals surface area contributed by atoms with Gasteiger partial charge in [-0.05, 0) is 105 Å². The number of nitrogens with two attached hydrogens (primary N) is 1. The zero-order valence-corrected chi connectivity index (χ0v) is 27.5. The summed E-state index contributed by atoms with van der Waals surface area (Å²) in [6.45, 7) is 15.2. The van der Waals surface area contributed by atoms with Gasteiger partial charge in [-0.25, -0.2) is 8.42 Å². The Morgan fingerprint density at radius 2 is 1.02 bits per heavy atom. The molecule has 0 aliphatic heterocycles. The van der Waals surface area contributed by atoms with E-state index in [1.807, 2.05) is 43.3 Å². The number of hydrogen-bond acceptors (Lipinski definition) is 3. The van der Waals surface area contributed by atoms with Gasteiger partial charge >= 0.3 is 0 Å². The molecule has 7 heteroatoms. The van der Waals surface area contributed by atoms with E-state index in [0.717, 1.165) is 11.1 Å². The van der Waals surface area contributed by atoms with Crippen LogP contribution in [0.25, 0.3) is 0 Å². The van der Waals surface area contributed by atoms with Crippen LogP contribution in [0.1, 0.15) is 56.1 Å². The molecule has 4 nitrogen and oxygen atoms in total. The number of nitrogens with one attached hydrogen (secondary N) is 1. The molecular formula is C33H39ClN2O2RuS. The molecule has 214 valence electrons. The second-order valence-corrected chi connectivity index (χ2v) is 12.4. The molecule has 0 aliphatic rings. The Bertz CT molecular complexity index is 1420.